The van der Waals surface area contributed by atoms with Gasteiger partial charge in [-0.1, -0.05) is 51.8 Å². The highest BCUT2D eigenvalue weighted by Gasteiger charge is 2.26. The van der Waals surface area contributed by atoms with Crippen molar-refractivity contribution in [3.05, 3.63) is 69.4 Å². The molecule has 1 saturated heterocycles. The van der Waals surface area contributed by atoms with Crippen LogP contribution in [-0.4, -0.2) is 23.8 Å². The topological polar surface area (TPSA) is 20.3 Å². The van der Waals surface area contributed by atoms with Gasteiger partial charge in [0.25, 0.3) is 0 Å². The number of carbonyl (C=O) groups excluding carboxylic acids is 1. The fraction of sp³-hybridized carbons (Fsp3) is 0.350. The first-order chi connectivity index (χ1) is 11.5. The van der Waals surface area contributed by atoms with Crippen molar-refractivity contribution in [1.82, 2.24) is 4.90 Å². The lowest BCUT2D eigenvalue weighted by Gasteiger charge is -2.31. The Hall–Kier alpha value is -1.52. The highest BCUT2D eigenvalue weighted by atomic mass is 79.9. The van der Waals surface area contributed by atoms with Crippen molar-refractivity contribution in [3.8, 4) is 0 Å². The smallest absolute Gasteiger partial charge is 0.166 e. The van der Waals surface area contributed by atoms with Gasteiger partial charge >= 0.3 is 0 Å². The SMILES string of the molecule is Cc1ccc(C(=O)C2CCN(Cc3ccc(F)cc3Br)CC2)cc1. The molecule has 0 aromatic heterocycles. The number of ketones is 1. The Labute approximate surface area is 150 Å². The normalized spacial score (nSPS) is 16.3. The third kappa shape index (κ3) is 4.11. The van der Waals surface area contributed by atoms with Gasteiger partial charge in [-0.3, -0.25) is 9.69 Å². The van der Waals surface area contributed by atoms with Gasteiger partial charge in [-0.05, 0) is 50.6 Å². The Morgan fingerprint density at radius 1 is 1.17 bits per heavy atom. The number of likely N-dealkylation sites (tertiary alicyclic amines) is 1. The summed E-state index contributed by atoms with van der Waals surface area (Å²) in [5.41, 5.74) is 3.08. The molecule has 0 spiro atoms. The summed E-state index contributed by atoms with van der Waals surface area (Å²) < 4.78 is 14.0. The van der Waals surface area contributed by atoms with Crippen LogP contribution in [0.5, 0.6) is 0 Å². The van der Waals surface area contributed by atoms with E-state index in [1.54, 1.807) is 0 Å². The van der Waals surface area contributed by atoms with Gasteiger partial charge in [0.15, 0.2) is 5.78 Å². The second-order valence-corrected chi connectivity index (χ2v) is 7.37. The molecule has 2 aromatic carbocycles. The first kappa shape index (κ1) is 17.3. The van der Waals surface area contributed by atoms with E-state index < -0.39 is 0 Å². The fourth-order valence-corrected chi connectivity index (χ4v) is 3.67. The van der Waals surface area contributed by atoms with E-state index in [4.69, 9.17) is 0 Å². The van der Waals surface area contributed by atoms with E-state index >= 15 is 0 Å². The van der Waals surface area contributed by atoms with Crippen molar-refractivity contribution in [1.29, 1.82) is 0 Å². The Morgan fingerprint density at radius 2 is 1.83 bits per heavy atom. The lowest BCUT2D eigenvalue weighted by Crippen LogP contribution is -2.36. The second-order valence-electron chi connectivity index (χ2n) is 6.52. The number of carbonyl (C=O) groups is 1. The zero-order valence-corrected chi connectivity index (χ0v) is 15.4. The maximum Gasteiger partial charge on any atom is 0.166 e. The van der Waals surface area contributed by atoms with Crippen LogP contribution in [0.4, 0.5) is 4.39 Å². The number of hydrogen-bond acceptors (Lipinski definition) is 2. The first-order valence-electron chi connectivity index (χ1n) is 8.30. The molecule has 126 valence electrons. The fourth-order valence-electron chi connectivity index (χ4n) is 3.20. The van der Waals surface area contributed by atoms with Crippen LogP contribution in [-0.2, 0) is 6.54 Å². The minimum Gasteiger partial charge on any atom is -0.299 e. The molecule has 0 bridgehead atoms. The average molecular weight is 390 g/mol. The second kappa shape index (κ2) is 7.58. The molecule has 1 fully saturated rings. The number of piperidine rings is 1. The number of nitrogens with zero attached hydrogens (tertiary/aromatic N) is 1. The lowest BCUT2D eigenvalue weighted by molar-refractivity contribution is 0.0834. The number of rotatable bonds is 4. The summed E-state index contributed by atoms with van der Waals surface area (Å²) in [6.07, 6.45) is 1.76. The molecule has 0 unspecified atom stereocenters. The molecule has 0 saturated carbocycles. The molecule has 0 radical (unpaired) electrons. The Kier molecular flexibility index (Phi) is 5.47. The van der Waals surface area contributed by atoms with Crippen molar-refractivity contribution in [3.63, 3.8) is 0 Å². The maximum absolute atomic E-state index is 13.2. The van der Waals surface area contributed by atoms with Crippen LogP contribution in [0, 0.1) is 18.7 Å². The lowest BCUT2D eigenvalue weighted by atomic mass is 9.88. The molecule has 0 atom stereocenters. The summed E-state index contributed by atoms with van der Waals surface area (Å²) in [5.74, 6) is 0.145. The van der Waals surface area contributed by atoms with Gasteiger partial charge in [0.1, 0.15) is 5.82 Å². The molecule has 4 heteroatoms. The average Bonchev–Trinajstić information content (AvgIpc) is 2.58. The summed E-state index contributed by atoms with van der Waals surface area (Å²) >= 11 is 3.42. The molecule has 1 aliphatic heterocycles. The van der Waals surface area contributed by atoms with Gasteiger partial charge in [0, 0.05) is 22.5 Å². The van der Waals surface area contributed by atoms with Crippen LogP contribution < -0.4 is 0 Å². The van der Waals surface area contributed by atoms with Crippen LogP contribution >= 0.6 is 15.9 Å². The van der Waals surface area contributed by atoms with Gasteiger partial charge in [-0.2, -0.15) is 0 Å². The van der Waals surface area contributed by atoms with E-state index in [1.807, 2.05) is 37.3 Å². The number of hydrogen-bond donors (Lipinski definition) is 0. The minimum atomic E-state index is -0.229. The molecule has 0 amide bonds. The van der Waals surface area contributed by atoms with Crippen LogP contribution in [0.1, 0.15) is 34.3 Å². The standard InChI is InChI=1S/C20H21BrFNO/c1-14-2-4-15(5-3-14)20(24)16-8-10-23(11-9-16)13-17-6-7-18(22)12-19(17)21/h2-7,12,16H,8-11,13H2,1H3. The van der Waals surface area contributed by atoms with Crippen LogP contribution in [0.3, 0.4) is 0 Å². The minimum absolute atomic E-state index is 0.112. The number of halogens is 2. The highest BCUT2D eigenvalue weighted by Crippen LogP contribution is 2.25. The third-order valence-corrected chi connectivity index (χ3v) is 5.44. The number of aryl methyl sites for hydroxylation is 1. The molecular formula is C20H21BrFNO. The predicted octanol–water partition coefficient (Wildman–Crippen LogP) is 4.99. The number of Topliss-reactive ketones (excluding diaryl/α,β-unsaturated/α-hetero) is 1. The van der Waals surface area contributed by atoms with Crippen molar-refractivity contribution >= 4 is 21.7 Å². The maximum atomic E-state index is 13.2. The van der Waals surface area contributed by atoms with Gasteiger partial charge in [-0.25, -0.2) is 4.39 Å². The largest absolute Gasteiger partial charge is 0.299 e. The Morgan fingerprint density at radius 3 is 2.46 bits per heavy atom. The molecule has 2 aromatic rings. The van der Waals surface area contributed by atoms with Crippen LogP contribution in [0.2, 0.25) is 0 Å². The summed E-state index contributed by atoms with van der Waals surface area (Å²) in [5, 5.41) is 0. The molecule has 0 aliphatic carbocycles. The van der Waals surface area contributed by atoms with Crippen LogP contribution in [0.25, 0.3) is 0 Å². The monoisotopic (exact) mass is 389 g/mol. The Balaban J connectivity index is 1.57. The molecule has 1 aliphatic rings. The van der Waals surface area contributed by atoms with Crippen molar-refractivity contribution in [2.75, 3.05) is 13.1 Å². The molecule has 1 heterocycles. The third-order valence-electron chi connectivity index (χ3n) is 4.70. The molecule has 3 rings (SSSR count). The molecule has 24 heavy (non-hydrogen) atoms. The van der Waals surface area contributed by atoms with Crippen LogP contribution in [0.15, 0.2) is 46.9 Å². The Bertz CT molecular complexity index is 721. The van der Waals surface area contributed by atoms with E-state index in [2.05, 4.69) is 20.8 Å². The highest BCUT2D eigenvalue weighted by molar-refractivity contribution is 9.10. The zero-order chi connectivity index (χ0) is 17.1. The summed E-state index contributed by atoms with van der Waals surface area (Å²) in [6.45, 7) is 4.60. The van der Waals surface area contributed by atoms with E-state index in [-0.39, 0.29) is 17.5 Å². The van der Waals surface area contributed by atoms with E-state index in [9.17, 15) is 9.18 Å². The van der Waals surface area contributed by atoms with Crippen molar-refractivity contribution in [2.24, 2.45) is 5.92 Å². The zero-order valence-electron chi connectivity index (χ0n) is 13.8. The van der Waals surface area contributed by atoms with E-state index in [0.29, 0.717) is 0 Å². The van der Waals surface area contributed by atoms with Gasteiger partial charge in [0.2, 0.25) is 0 Å². The quantitative estimate of drug-likeness (QED) is 0.686. The van der Waals surface area contributed by atoms with Crippen molar-refractivity contribution < 1.29 is 9.18 Å². The molecular weight excluding hydrogens is 369 g/mol. The summed E-state index contributed by atoms with van der Waals surface area (Å²) in [4.78, 5) is 14.9. The molecule has 0 N–H and O–H groups in total. The number of benzene rings is 2. The summed E-state index contributed by atoms with van der Waals surface area (Å²) in [7, 11) is 0. The summed E-state index contributed by atoms with van der Waals surface area (Å²) in [6, 6.07) is 12.7. The van der Waals surface area contributed by atoms with Crippen molar-refractivity contribution in [2.45, 2.75) is 26.3 Å². The van der Waals surface area contributed by atoms with E-state index in [0.717, 1.165) is 48.1 Å². The van der Waals surface area contributed by atoms with Gasteiger partial charge in [0.05, 0.1) is 0 Å². The predicted molar refractivity (Wildman–Crippen MR) is 97.6 cm³/mol. The van der Waals surface area contributed by atoms with Gasteiger partial charge in [-0.15, -0.1) is 0 Å². The molecule has 2 nitrogen and oxygen atoms in total. The van der Waals surface area contributed by atoms with Gasteiger partial charge < -0.3 is 0 Å². The van der Waals surface area contributed by atoms with E-state index in [1.165, 1.54) is 17.7 Å². The first-order valence-corrected chi connectivity index (χ1v) is 9.09.